The van der Waals surface area contributed by atoms with E-state index < -0.39 is 0 Å². The minimum Gasteiger partial charge on any atom is -0.342 e. The van der Waals surface area contributed by atoms with E-state index in [1.165, 1.54) is 4.88 Å². The van der Waals surface area contributed by atoms with E-state index in [0.717, 1.165) is 44.8 Å². The highest BCUT2D eigenvalue weighted by atomic mass is 32.1. The number of hydrogen-bond donors (Lipinski definition) is 0. The number of likely N-dealkylation sites (tertiary alicyclic amines) is 1. The molecule has 3 rings (SSSR count). The Morgan fingerprint density at radius 2 is 2.17 bits per heavy atom. The Labute approximate surface area is 147 Å². The van der Waals surface area contributed by atoms with E-state index in [0.29, 0.717) is 19.5 Å². The largest absolute Gasteiger partial charge is 0.342 e. The number of aryl methyl sites for hydroxylation is 1. The van der Waals surface area contributed by atoms with E-state index in [-0.39, 0.29) is 17.7 Å². The smallest absolute Gasteiger partial charge is 0.228 e. The van der Waals surface area contributed by atoms with Gasteiger partial charge in [-0.05, 0) is 20.3 Å². The molecule has 1 aromatic rings. The molecule has 0 aliphatic carbocycles. The van der Waals surface area contributed by atoms with E-state index in [2.05, 4.69) is 16.8 Å². The summed E-state index contributed by atoms with van der Waals surface area (Å²) in [4.78, 5) is 36.4. The summed E-state index contributed by atoms with van der Waals surface area (Å²) >= 11 is 1.70. The zero-order chi connectivity index (χ0) is 17.1. The lowest BCUT2D eigenvalue weighted by Gasteiger charge is -2.24. The van der Waals surface area contributed by atoms with Gasteiger partial charge in [0.15, 0.2) is 0 Å². The summed E-state index contributed by atoms with van der Waals surface area (Å²) in [5.74, 6) is 0.135. The predicted molar refractivity (Wildman–Crippen MR) is 93.7 cm³/mol. The van der Waals surface area contributed by atoms with Crippen molar-refractivity contribution in [3.63, 3.8) is 0 Å². The summed E-state index contributed by atoms with van der Waals surface area (Å²) in [7, 11) is 0. The molecule has 2 aliphatic rings. The second kappa shape index (κ2) is 7.61. The molecule has 0 aromatic carbocycles. The van der Waals surface area contributed by atoms with Gasteiger partial charge in [-0.3, -0.25) is 14.5 Å². The van der Waals surface area contributed by atoms with E-state index >= 15 is 0 Å². The molecule has 1 atom stereocenters. The molecular formula is C17H26N4O2S. The van der Waals surface area contributed by atoms with Crippen LogP contribution >= 0.6 is 11.3 Å². The monoisotopic (exact) mass is 350 g/mol. The highest BCUT2D eigenvalue weighted by Gasteiger charge is 2.36. The summed E-state index contributed by atoms with van der Waals surface area (Å²) in [5.41, 5.74) is 3.01. The van der Waals surface area contributed by atoms with Crippen LogP contribution in [0.2, 0.25) is 0 Å². The van der Waals surface area contributed by atoms with Crippen LogP contribution in [0.4, 0.5) is 0 Å². The average Bonchev–Trinajstić information content (AvgIpc) is 3.06. The molecule has 1 aromatic heterocycles. The third-order valence-electron chi connectivity index (χ3n) is 5.06. The zero-order valence-electron chi connectivity index (χ0n) is 14.5. The van der Waals surface area contributed by atoms with E-state index in [9.17, 15) is 9.59 Å². The molecule has 2 saturated heterocycles. The fourth-order valence-electron chi connectivity index (χ4n) is 3.53. The molecule has 132 valence electrons. The first-order chi connectivity index (χ1) is 11.6. The summed E-state index contributed by atoms with van der Waals surface area (Å²) in [5, 5.41) is 0. The van der Waals surface area contributed by atoms with Crippen LogP contribution in [0.5, 0.6) is 0 Å². The topological polar surface area (TPSA) is 56.8 Å². The third-order valence-corrected chi connectivity index (χ3v) is 5.98. The molecule has 0 N–H and O–H groups in total. The second-order valence-electron chi connectivity index (χ2n) is 6.65. The van der Waals surface area contributed by atoms with Crippen molar-refractivity contribution in [2.75, 3.05) is 39.3 Å². The van der Waals surface area contributed by atoms with Gasteiger partial charge in [0.25, 0.3) is 0 Å². The maximum atomic E-state index is 12.8. The van der Waals surface area contributed by atoms with Crippen molar-refractivity contribution in [3.05, 3.63) is 16.1 Å². The number of hydrogen-bond acceptors (Lipinski definition) is 5. The lowest BCUT2D eigenvalue weighted by molar-refractivity contribution is -0.135. The van der Waals surface area contributed by atoms with Crippen molar-refractivity contribution in [1.29, 1.82) is 0 Å². The van der Waals surface area contributed by atoms with Crippen LogP contribution < -0.4 is 0 Å². The third kappa shape index (κ3) is 3.78. The van der Waals surface area contributed by atoms with Crippen LogP contribution in [0.25, 0.3) is 0 Å². The SMILES string of the molecule is CCN1CC(C(=O)N2CCCN(Cc3scnc3C)CC2)CC1=O. The maximum absolute atomic E-state index is 12.8. The molecular weight excluding hydrogens is 324 g/mol. The number of carbonyl (C=O) groups excluding carboxylic acids is 2. The Morgan fingerprint density at radius 1 is 1.33 bits per heavy atom. The quantitative estimate of drug-likeness (QED) is 0.823. The number of amides is 2. The number of rotatable bonds is 4. The van der Waals surface area contributed by atoms with Crippen LogP contribution in [0.3, 0.4) is 0 Å². The van der Waals surface area contributed by atoms with Crippen LogP contribution in [0.15, 0.2) is 5.51 Å². The van der Waals surface area contributed by atoms with Gasteiger partial charge in [0, 0.05) is 57.1 Å². The molecule has 7 heteroatoms. The van der Waals surface area contributed by atoms with Crippen LogP contribution in [-0.2, 0) is 16.1 Å². The molecule has 0 bridgehead atoms. The van der Waals surface area contributed by atoms with Gasteiger partial charge in [0.2, 0.25) is 11.8 Å². The first kappa shape index (κ1) is 17.4. The summed E-state index contributed by atoms with van der Waals surface area (Å²) in [6.45, 7) is 9.68. The lowest BCUT2D eigenvalue weighted by atomic mass is 10.1. The maximum Gasteiger partial charge on any atom is 0.228 e. The van der Waals surface area contributed by atoms with Gasteiger partial charge in [-0.25, -0.2) is 4.98 Å². The average molecular weight is 350 g/mol. The second-order valence-corrected chi connectivity index (χ2v) is 7.59. The first-order valence-corrected chi connectivity index (χ1v) is 9.64. The van der Waals surface area contributed by atoms with Crippen LogP contribution in [-0.4, -0.2) is 70.8 Å². The Hall–Kier alpha value is -1.47. The minimum atomic E-state index is -0.146. The van der Waals surface area contributed by atoms with Crippen LogP contribution in [0, 0.1) is 12.8 Å². The molecule has 2 amide bonds. The standard InChI is InChI=1S/C17H26N4O2S/c1-3-20-10-14(9-16(20)22)17(23)21-6-4-5-19(7-8-21)11-15-13(2)18-12-24-15/h12,14H,3-11H2,1-2H3. The molecule has 6 nitrogen and oxygen atoms in total. The zero-order valence-corrected chi connectivity index (χ0v) is 15.3. The first-order valence-electron chi connectivity index (χ1n) is 8.76. The molecule has 0 saturated carbocycles. The van der Waals surface area contributed by atoms with Gasteiger partial charge < -0.3 is 9.80 Å². The van der Waals surface area contributed by atoms with Gasteiger partial charge in [-0.15, -0.1) is 11.3 Å². The molecule has 0 radical (unpaired) electrons. The van der Waals surface area contributed by atoms with Crippen molar-refractivity contribution >= 4 is 23.2 Å². The van der Waals surface area contributed by atoms with E-state index in [4.69, 9.17) is 0 Å². The molecule has 3 heterocycles. The van der Waals surface area contributed by atoms with Crippen molar-refractivity contribution in [3.8, 4) is 0 Å². The van der Waals surface area contributed by atoms with Gasteiger partial charge in [-0.1, -0.05) is 0 Å². The van der Waals surface area contributed by atoms with Crippen molar-refractivity contribution in [2.24, 2.45) is 5.92 Å². The van der Waals surface area contributed by atoms with Gasteiger partial charge in [0.1, 0.15) is 0 Å². The van der Waals surface area contributed by atoms with Gasteiger partial charge in [-0.2, -0.15) is 0 Å². The Kier molecular flexibility index (Phi) is 5.50. The minimum absolute atomic E-state index is 0.118. The molecule has 24 heavy (non-hydrogen) atoms. The molecule has 2 aliphatic heterocycles. The fourth-order valence-corrected chi connectivity index (χ4v) is 4.35. The Morgan fingerprint density at radius 3 is 2.83 bits per heavy atom. The van der Waals surface area contributed by atoms with Crippen LogP contribution in [0.1, 0.15) is 30.3 Å². The number of aromatic nitrogens is 1. The summed E-state index contributed by atoms with van der Waals surface area (Å²) in [6, 6.07) is 0. The highest BCUT2D eigenvalue weighted by molar-refractivity contribution is 7.09. The predicted octanol–water partition coefficient (Wildman–Crippen LogP) is 1.35. The Bertz CT molecular complexity index is 603. The molecule has 2 fully saturated rings. The fraction of sp³-hybridized carbons (Fsp3) is 0.706. The Balaban J connectivity index is 1.54. The lowest BCUT2D eigenvalue weighted by Crippen LogP contribution is -2.39. The summed E-state index contributed by atoms with van der Waals surface area (Å²) in [6.07, 6.45) is 1.37. The molecule has 0 spiro atoms. The normalized spacial score (nSPS) is 22.9. The van der Waals surface area contributed by atoms with Gasteiger partial charge in [0.05, 0.1) is 17.1 Å². The van der Waals surface area contributed by atoms with Crippen molar-refractivity contribution < 1.29 is 9.59 Å². The number of thiazole rings is 1. The van der Waals surface area contributed by atoms with E-state index in [1.54, 1.807) is 16.2 Å². The van der Waals surface area contributed by atoms with Crippen molar-refractivity contribution in [2.45, 2.75) is 33.2 Å². The highest BCUT2D eigenvalue weighted by Crippen LogP contribution is 2.21. The number of carbonyl (C=O) groups is 2. The van der Waals surface area contributed by atoms with Gasteiger partial charge >= 0.3 is 0 Å². The molecule has 1 unspecified atom stereocenters. The number of nitrogens with zero attached hydrogens (tertiary/aromatic N) is 4. The summed E-state index contributed by atoms with van der Waals surface area (Å²) < 4.78 is 0. The van der Waals surface area contributed by atoms with E-state index in [1.807, 2.05) is 17.3 Å². The van der Waals surface area contributed by atoms with Crippen molar-refractivity contribution in [1.82, 2.24) is 19.7 Å².